The molecular formula is C26H32FN. The zero-order chi connectivity index (χ0) is 19.8. The van der Waals surface area contributed by atoms with Crippen molar-refractivity contribution in [3.05, 3.63) is 70.5 Å². The van der Waals surface area contributed by atoms with E-state index in [0.29, 0.717) is 0 Å². The van der Waals surface area contributed by atoms with E-state index >= 15 is 0 Å². The highest BCUT2D eigenvalue weighted by Gasteiger charge is 2.21. The molecule has 0 atom stereocenters. The number of nitriles is 1. The van der Waals surface area contributed by atoms with Crippen LogP contribution >= 0.6 is 0 Å². The molecule has 0 N–H and O–H groups in total. The fourth-order valence-electron chi connectivity index (χ4n) is 4.52. The predicted octanol–water partition coefficient (Wildman–Crippen LogP) is 7.34. The molecule has 0 bridgehead atoms. The number of hydrogen-bond donors (Lipinski definition) is 0. The van der Waals surface area contributed by atoms with Crippen molar-refractivity contribution in [2.24, 2.45) is 5.92 Å². The SMILES string of the molecule is CCCCC[C@H]1CC[C@H](c2ccc(CCc3ccc(C#N)c(F)c3)cc2)CC1. The first kappa shape index (κ1) is 20.6. The maximum atomic E-state index is 13.7. The second-order valence-electron chi connectivity index (χ2n) is 8.38. The number of benzene rings is 2. The van der Waals surface area contributed by atoms with E-state index in [1.54, 1.807) is 6.07 Å². The molecule has 1 nitrogen and oxygen atoms in total. The summed E-state index contributed by atoms with van der Waals surface area (Å²) < 4.78 is 13.7. The van der Waals surface area contributed by atoms with Gasteiger partial charge in [0.15, 0.2) is 0 Å². The van der Waals surface area contributed by atoms with E-state index in [-0.39, 0.29) is 5.56 Å². The second kappa shape index (κ2) is 10.4. The molecular weight excluding hydrogens is 345 g/mol. The monoisotopic (exact) mass is 377 g/mol. The molecule has 0 aliphatic heterocycles. The van der Waals surface area contributed by atoms with Crippen LogP contribution in [0.1, 0.15) is 86.5 Å². The van der Waals surface area contributed by atoms with Crippen LogP contribution in [-0.2, 0) is 12.8 Å². The normalized spacial score (nSPS) is 19.3. The van der Waals surface area contributed by atoms with E-state index in [4.69, 9.17) is 5.26 Å². The van der Waals surface area contributed by atoms with E-state index in [1.165, 1.54) is 68.6 Å². The largest absolute Gasteiger partial charge is 0.206 e. The third-order valence-electron chi connectivity index (χ3n) is 6.37. The van der Waals surface area contributed by atoms with Gasteiger partial charge < -0.3 is 0 Å². The first-order valence-electron chi connectivity index (χ1n) is 11.0. The van der Waals surface area contributed by atoms with E-state index < -0.39 is 5.82 Å². The third-order valence-corrected chi connectivity index (χ3v) is 6.37. The zero-order valence-corrected chi connectivity index (χ0v) is 17.1. The summed E-state index contributed by atoms with van der Waals surface area (Å²) in [6.45, 7) is 2.28. The van der Waals surface area contributed by atoms with Crippen molar-refractivity contribution < 1.29 is 4.39 Å². The van der Waals surface area contributed by atoms with Crippen LogP contribution in [0.15, 0.2) is 42.5 Å². The van der Waals surface area contributed by atoms with Gasteiger partial charge in [0, 0.05) is 0 Å². The smallest absolute Gasteiger partial charge is 0.141 e. The van der Waals surface area contributed by atoms with E-state index in [9.17, 15) is 4.39 Å². The highest BCUT2D eigenvalue weighted by Crippen LogP contribution is 2.37. The minimum atomic E-state index is -0.416. The van der Waals surface area contributed by atoms with Gasteiger partial charge in [-0.2, -0.15) is 5.26 Å². The molecule has 1 saturated carbocycles. The summed E-state index contributed by atoms with van der Waals surface area (Å²) in [5.74, 6) is 1.26. The fraction of sp³-hybridized carbons (Fsp3) is 0.500. The van der Waals surface area contributed by atoms with Crippen molar-refractivity contribution in [2.75, 3.05) is 0 Å². The van der Waals surface area contributed by atoms with Crippen LogP contribution in [0, 0.1) is 23.1 Å². The Kier molecular flexibility index (Phi) is 7.66. The topological polar surface area (TPSA) is 23.8 Å². The molecule has 0 radical (unpaired) electrons. The summed E-state index contributed by atoms with van der Waals surface area (Å²) >= 11 is 0. The second-order valence-corrected chi connectivity index (χ2v) is 8.38. The lowest BCUT2D eigenvalue weighted by Gasteiger charge is -2.29. The van der Waals surface area contributed by atoms with Crippen molar-refractivity contribution in [1.82, 2.24) is 0 Å². The molecule has 1 aliphatic rings. The minimum absolute atomic E-state index is 0.119. The van der Waals surface area contributed by atoms with Crippen LogP contribution in [0.5, 0.6) is 0 Å². The third kappa shape index (κ3) is 5.68. The molecule has 2 aromatic rings. The Hall–Kier alpha value is -2.14. The summed E-state index contributed by atoms with van der Waals surface area (Å²) in [6.07, 6.45) is 12.7. The standard InChI is InChI=1S/C26H32FN/c1-2-3-4-5-20-8-13-23(14-9-20)24-15-10-21(11-16-24)6-7-22-12-17-25(19-28)26(27)18-22/h10-12,15-18,20,23H,2-9,13-14H2,1H3/t20-,23-. The Balaban J connectivity index is 1.48. The van der Waals surface area contributed by atoms with E-state index in [2.05, 4.69) is 31.2 Å². The van der Waals surface area contributed by atoms with Crippen molar-refractivity contribution in [1.29, 1.82) is 5.26 Å². The number of nitrogens with zero attached hydrogens (tertiary/aromatic N) is 1. The van der Waals surface area contributed by atoms with Gasteiger partial charge in [0.1, 0.15) is 11.9 Å². The quantitative estimate of drug-likeness (QED) is 0.442. The molecule has 0 heterocycles. The Morgan fingerprint density at radius 1 is 0.929 bits per heavy atom. The molecule has 0 aromatic heterocycles. The average Bonchev–Trinajstić information content (AvgIpc) is 2.73. The highest BCUT2D eigenvalue weighted by molar-refractivity contribution is 5.34. The molecule has 0 amide bonds. The minimum Gasteiger partial charge on any atom is -0.206 e. The summed E-state index contributed by atoms with van der Waals surface area (Å²) in [5, 5.41) is 8.82. The van der Waals surface area contributed by atoms with Crippen LogP contribution in [0.3, 0.4) is 0 Å². The molecule has 1 fully saturated rings. The number of hydrogen-bond acceptors (Lipinski definition) is 1. The summed E-state index contributed by atoms with van der Waals surface area (Å²) in [5.41, 5.74) is 3.84. The van der Waals surface area contributed by atoms with Gasteiger partial charge in [-0.05, 0) is 79.2 Å². The Morgan fingerprint density at radius 2 is 1.61 bits per heavy atom. The summed E-state index contributed by atoms with van der Waals surface area (Å²) in [4.78, 5) is 0. The van der Waals surface area contributed by atoms with Gasteiger partial charge in [0.25, 0.3) is 0 Å². The van der Waals surface area contributed by atoms with Crippen molar-refractivity contribution >= 4 is 0 Å². The molecule has 0 unspecified atom stereocenters. The van der Waals surface area contributed by atoms with E-state index in [1.807, 2.05) is 12.1 Å². The maximum absolute atomic E-state index is 13.7. The molecule has 148 valence electrons. The zero-order valence-electron chi connectivity index (χ0n) is 17.1. The van der Waals surface area contributed by atoms with Gasteiger partial charge in [-0.1, -0.05) is 62.9 Å². The van der Waals surface area contributed by atoms with Crippen molar-refractivity contribution in [3.8, 4) is 6.07 Å². The van der Waals surface area contributed by atoms with Gasteiger partial charge >= 0.3 is 0 Å². The molecule has 28 heavy (non-hydrogen) atoms. The lowest BCUT2D eigenvalue weighted by Crippen LogP contribution is -2.13. The first-order chi connectivity index (χ1) is 13.7. The van der Waals surface area contributed by atoms with Gasteiger partial charge in [0.05, 0.1) is 5.56 Å². The number of aryl methyl sites for hydroxylation is 2. The molecule has 0 saturated heterocycles. The van der Waals surface area contributed by atoms with Crippen molar-refractivity contribution in [3.63, 3.8) is 0 Å². The van der Waals surface area contributed by atoms with Crippen molar-refractivity contribution in [2.45, 2.75) is 77.0 Å². The average molecular weight is 378 g/mol. The van der Waals surface area contributed by atoms with Gasteiger partial charge in [-0.25, -0.2) is 4.39 Å². The van der Waals surface area contributed by atoms with Crippen LogP contribution in [0.25, 0.3) is 0 Å². The Morgan fingerprint density at radius 3 is 2.25 bits per heavy atom. The lowest BCUT2D eigenvalue weighted by atomic mass is 9.77. The fourth-order valence-corrected chi connectivity index (χ4v) is 4.52. The molecule has 1 aliphatic carbocycles. The maximum Gasteiger partial charge on any atom is 0.141 e. The molecule has 2 aromatic carbocycles. The van der Waals surface area contributed by atoms with Gasteiger partial charge in [0.2, 0.25) is 0 Å². The summed E-state index contributed by atoms with van der Waals surface area (Å²) in [7, 11) is 0. The summed E-state index contributed by atoms with van der Waals surface area (Å²) in [6, 6.07) is 15.9. The highest BCUT2D eigenvalue weighted by atomic mass is 19.1. The lowest BCUT2D eigenvalue weighted by molar-refractivity contribution is 0.303. The van der Waals surface area contributed by atoms with Crippen LogP contribution < -0.4 is 0 Å². The van der Waals surface area contributed by atoms with E-state index in [0.717, 1.165) is 30.2 Å². The first-order valence-corrected chi connectivity index (χ1v) is 11.0. The molecule has 0 spiro atoms. The number of unbranched alkanes of at least 4 members (excludes halogenated alkanes) is 2. The van der Waals surface area contributed by atoms with Crippen LogP contribution in [0.4, 0.5) is 4.39 Å². The van der Waals surface area contributed by atoms with Gasteiger partial charge in [-0.15, -0.1) is 0 Å². The van der Waals surface area contributed by atoms with Crippen LogP contribution in [0.2, 0.25) is 0 Å². The van der Waals surface area contributed by atoms with Crippen LogP contribution in [-0.4, -0.2) is 0 Å². The molecule has 2 heteroatoms. The molecule has 3 rings (SSSR count). The Bertz CT molecular complexity index is 779. The number of rotatable bonds is 8. The van der Waals surface area contributed by atoms with Gasteiger partial charge in [-0.3, -0.25) is 0 Å². The number of halogens is 1. The predicted molar refractivity (Wildman–Crippen MR) is 114 cm³/mol. The Labute approximate surface area is 169 Å².